The quantitative estimate of drug-likeness (QED) is 0.566. The molecule has 0 aliphatic rings. The van der Waals surface area contributed by atoms with Crippen LogP contribution in [-0.2, 0) is 6.54 Å². The van der Waals surface area contributed by atoms with Crippen molar-refractivity contribution in [3.8, 4) is 0 Å². The summed E-state index contributed by atoms with van der Waals surface area (Å²) >= 11 is 0. The zero-order chi connectivity index (χ0) is 18.3. The van der Waals surface area contributed by atoms with Crippen LogP contribution in [-0.4, -0.2) is 26.4 Å². The van der Waals surface area contributed by atoms with Crippen molar-refractivity contribution in [2.45, 2.75) is 13.5 Å². The van der Waals surface area contributed by atoms with E-state index >= 15 is 0 Å². The van der Waals surface area contributed by atoms with Crippen LogP contribution in [0.5, 0.6) is 0 Å². The van der Waals surface area contributed by atoms with Gasteiger partial charge in [-0.25, -0.2) is 9.78 Å². The highest BCUT2D eigenvalue weighted by Gasteiger charge is 2.18. The van der Waals surface area contributed by atoms with Crippen LogP contribution in [0.2, 0.25) is 0 Å². The average Bonchev–Trinajstić information content (AvgIpc) is 2.97. The molecule has 5 nitrogen and oxygen atoms in total. The Bertz CT molecular complexity index is 1160. The third kappa shape index (κ3) is 2.54. The molecule has 1 N–H and O–H groups in total. The van der Waals surface area contributed by atoms with Gasteiger partial charge in [-0.1, -0.05) is 48.5 Å². The number of hydrogen-bond acceptors (Lipinski definition) is 3. The van der Waals surface area contributed by atoms with Crippen LogP contribution in [0, 0.1) is 6.92 Å². The van der Waals surface area contributed by atoms with E-state index in [1.807, 2.05) is 47.0 Å². The van der Waals surface area contributed by atoms with Crippen LogP contribution in [0.25, 0.3) is 21.8 Å². The summed E-state index contributed by atoms with van der Waals surface area (Å²) in [6.45, 7) is 1.94. The standard InChI is InChI=1S/C21H16N2O3/c1-13-20-16(11-17(22-13)21(25)26)15-9-5-6-10-18(15)23(20)12-19(24)14-7-3-2-4-8-14/h2-11H,12H2,1H3,(H,25,26). The molecule has 0 unspecified atom stereocenters. The van der Waals surface area contributed by atoms with Gasteiger partial charge in [0.15, 0.2) is 5.78 Å². The van der Waals surface area contributed by atoms with E-state index in [0.29, 0.717) is 11.3 Å². The molecular formula is C21H16N2O3. The van der Waals surface area contributed by atoms with E-state index < -0.39 is 5.97 Å². The molecule has 0 aliphatic heterocycles. The minimum Gasteiger partial charge on any atom is -0.477 e. The molecule has 0 radical (unpaired) electrons. The van der Waals surface area contributed by atoms with E-state index in [2.05, 4.69) is 4.98 Å². The number of ketones is 1. The molecule has 0 atom stereocenters. The van der Waals surface area contributed by atoms with Crippen LogP contribution >= 0.6 is 0 Å². The van der Waals surface area contributed by atoms with Gasteiger partial charge in [0, 0.05) is 21.9 Å². The van der Waals surface area contributed by atoms with Crippen molar-refractivity contribution >= 4 is 33.6 Å². The Morgan fingerprint density at radius 2 is 1.69 bits per heavy atom. The van der Waals surface area contributed by atoms with E-state index in [-0.39, 0.29) is 18.0 Å². The number of carbonyl (C=O) groups excluding carboxylic acids is 1. The largest absolute Gasteiger partial charge is 0.477 e. The highest BCUT2D eigenvalue weighted by Crippen LogP contribution is 2.31. The third-order valence-corrected chi connectivity index (χ3v) is 4.54. The molecule has 4 aromatic rings. The fourth-order valence-corrected chi connectivity index (χ4v) is 3.40. The smallest absolute Gasteiger partial charge is 0.354 e. The molecule has 0 fully saturated rings. The lowest BCUT2D eigenvalue weighted by Crippen LogP contribution is -2.11. The first-order valence-electron chi connectivity index (χ1n) is 8.26. The number of carboxylic acids is 1. The number of hydrogen-bond donors (Lipinski definition) is 1. The van der Waals surface area contributed by atoms with Gasteiger partial charge in [-0.15, -0.1) is 0 Å². The van der Waals surface area contributed by atoms with Gasteiger partial charge in [0.25, 0.3) is 0 Å². The second-order valence-electron chi connectivity index (χ2n) is 6.19. The van der Waals surface area contributed by atoms with Gasteiger partial charge in [-0.2, -0.15) is 0 Å². The van der Waals surface area contributed by atoms with Gasteiger partial charge >= 0.3 is 5.97 Å². The minimum atomic E-state index is -1.06. The van der Waals surface area contributed by atoms with Gasteiger partial charge in [0.2, 0.25) is 0 Å². The number of rotatable bonds is 4. The summed E-state index contributed by atoms with van der Waals surface area (Å²) in [5.74, 6) is -1.07. The van der Waals surface area contributed by atoms with E-state index in [0.717, 1.165) is 21.8 Å². The second-order valence-corrected chi connectivity index (χ2v) is 6.19. The lowest BCUT2D eigenvalue weighted by atomic mass is 10.1. The highest BCUT2D eigenvalue weighted by atomic mass is 16.4. The van der Waals surface area contributed by atoms with Crippen LogP contribution < -0.4 is 0 Å². The van der Waals surface area contributed by atoms with E-state index in [9.17, 15) is 14.7 Å². The van der Waals surface area contributed by atoms with Crippen molar-refractivity contribution in [3.05, 3.63) is 77.6 Å². The first kappa shape index (κ1) is 16.0. The first-order chi connectivity index (χ1) is 12.6. The molecule has 0 aliphatic carbocycles. The summed E-state index contributed by atoms with van der Waals surface area (Å²) < 4.78 is 1.92. The van der Waals surface area contributed by atoms with E-state index in [1.165, 1.54) is 0 Å². The normalized spacial score (nSPS) is 11.1. The summed E-state index contributed by atoms with van der Waals surface area (Å²) in [7, 11) is 0. The molecule has 2 aromatic heterocycles. The Balaban J connectivity index is 1.96. The number of fused-ring (bicyclic) bond motifs is 3. The van der Waals surface area contributed by atoms with Gasteiger partial charge in [0.1, 0.15) is 5.69 Å². The van der Waals surface area contributed by atoms with Crippen LogP contribution in [0.4, 0.5) is 0 Å². The first-order valence-corrected chi connectivity index (χ1v) is 8.26. The van der Waals surface area contributed by atoms with Crippen LogP contribution in [0.3, 0.4) is 0 Å². The summed E-state index contributed by atoms with van der Waals surface area (Å²) in [5, 5.41) is 11.0. The number of pyridine rings is 1. The van der Waals surface area contributed by atoms with Crippen molar-refractivity contribution in [1.82, 2.24) is 9.55 Å². The van der Waals surface area contributed by atoms with Gasteiger partial charge in [-0.3, -0.25) is 4.79 Å². The Morgan fingerprint density at radius 1 is 1.00 bits per heavy atom. The Kier molecular flexibility index (Phi) is 3.77. The molecule has 0 bridgehead atoms. The lowest BCUT2D eigenvalue weighted by molar-refractivity contribution is 0.0690. The number of benzene rings is 2. The number of carboxylic acid groups (broad SMARTS) is 1. The molecule has 0 saturated carbocycles. The monoisotopic (exact) mass is 344 g/mol. The molecule has 0 saturated heterocycles. The maximum Gasteiger partial charge on any atom is 0.354 e. The number of aromatic carboxylic acids is 1. The number of aromatic nitrogens is 2. The van der Waals surface area contributed by atoms with Gasteiger partial charge in [0.05, 0.1) is 17.8 Å². The summed E-state index contributed by atoms with van der Waals surface area (Å²) in [5.41, 5.74) is 2.93. The lowest BCUT2D eigenvalue weighted by Gasteiger charge is -2.09. The topological polar surface area (TPSA) is 72.2 Å². The average molecular weight is 344 g/mol. The van der Waals surface area contributed by atoms with Crippen LogP contribution in [0.1, 0.15) is 26.5 Å². The Labute approximate surface area is 149 Å². The van der Waals surface area contributed by atoms with Crippen molar-refractivity contribution < 1.29 is 14.7 Å². The fourth-order valence-electron chi connectivity index (χ4n) is 3.40. The SMILES string of the molecule is Cc1nc(C(=O)O)cc2c3ccccc3n(CC(=O)c3ccccc3)c12. The maximum atomic E-state index is 12.8. The molecular weight excluding hydrogens is 328 g/mol. The zero-order valence-electron chi connectivity index (χ0n) is 14.1. The number of aryl methyl sites for hydroxylation is 1. The van der Waals surface area contributed by atoms with Crippen molar-refractivity contribution in [1.29, 1.82) is 0 Å². The highest BCUT2D eigenvalue weighted by molar-refractivity contribution is 6.11. The molecule has 0 amide bonds. The molecule has 0 spiro atoms. The number of Topliss-reactive ketones (excluding diaryl/α,β-unsaturated/α-hetero) is 1. The predicted molar refractivity (Wildman–Crippen MR) is 99.7 cm³/mol. The van der Waals surface area contributed by atoms with Crippen molar-refractivity contribution in [2.24, 2.45) is 0 Å². The molecule has 2 heterocycles. The molecule has 5 heteroatoms. The third-order valence-electron chi connectivity index (χ3n) is 4.54. The Morgan fingerprint density at radius 3 is 2.42 bits per heavy atom. The van der Waals surface area contributed by atoms with Crippen molar-refractivity contribution in [3.63, 3.8) is 0 Å². The zero-order valence-corrected chi connectivity index (χ0v) is 14.1. The number of nitrogens with zero attached hydrogens (tertiary/aromatic N) is 2. The maximum absolute atomic E-state index is 12.8. The molecule has 2 aromatic carbocycles. The summed E-state index contributed by atoms with van der Waals surface area (Å²) in [6, 6.07) is 18.4. The van der Waals surface area contributed by atoms with Gasteiger partial charge < -0.3 is 9.67 Å². The summed E-state index contributed by atoms with van der Waals surface area (Å²) in [6.07, 6.45) is 0. The summed E-state index contributed by atoms with van der Waals surface area (Å²) in [4.78, 5) is 28.3. The van der Waals surface area contributed by atoms with Gasteiger partial charge in [-0.05, 0) is 19.1 Å². The van der Waals surface area contributed by atoms with Crippen molar-refractivity contribution in [2.75, 3.05) is 0 Å². The molecule has 128 valence electrons. The Hall–Kier alpha value is -3.47. The fraction of sp³-hybridized carbons (Fsp3) is 0.0952. The minimum absolute atomic E-state index is 0.00466. The molecule has 26 heavy (non-hydrogen) atoms. The molecule has 4 rings (SSSR count). The number of para-hydroxylation sites is 1. The predicted octanol–water partition coefficient (Wildman–Crippen LogP) is 4.08. The van der Waals surface area contributed by atoms with E-state index in [4.69, 9.17) is 0 Å². The second kappa shape index (κ2) is 6.11. The van der Waals surface area contributed by atoms with Crippen LogP contribution in [0.15, 0.2) is 60.7 Å². The number of carbonyl (C=O) groups is 2. The van der Waals surface area contributed by atoms with E-state index in [1.54, 1.807) is 25.1 Å².